The zero-order valence-electron chi connectivity index (χ0n) is 14.3. The van der Waals surface area contributed by atoms with Gasteiger partial charge in [0.25, 0.3) is 5.91 Å². The molecule has 0 unspecified atom stereocenters. The van der Waals surface area contributed by atoms with Crippen LogP contribution < -0.4 is 10.6 Å². The molecule has 1 saturated carbocycles. The van der Waals surface area contributed by atoms with Crippen LogP contribution in [-0.4, -0.2) is 34.0 Å². The van der Waals surface area contributed by atoms with Crippen LogP contribution in [0, 0.1) is 0 Å². The number of aromatic nitrogens is 2. The minimum absolute atomic E-state index is 0.00464. The molecule has 2 aromatic heterocycles. The van der Waals surface area contributed by atoms with Crippen molar-refractivity contribution in [3.63, 3.8) is 0 Å². The molecule has 2 amide bonds. The van der Waals surface area contributed by atoms with E-state index in [0.29, 0.717) is 5.56 Å². The van der Waals surface area contributed by atoms with Gasteiger partial charge in [-0.05, 0) is 43.2 Å². The Balaban J connectivity index is 1.40. The van der Waals surface area contributed by atoms with Crippen molar-refractivity contribution < 1.29 is 9.59 Å². The molecule has 4 rings (SSSR count). The van der Waals surface area contributed by atoms with Crippen LogP contribution in [0.2, 0.25) is 0 Å². The van der Waals surface area contributed by atoms with Crippen LogP contribution in [0.15, 0.2) is 42.7 Å². The van der Waals surface area contributed by atoms with Crippen LogP contribution in [0.4, 0.5) is 0 Å². The average Bonchev–Trinajstić information content (AvgIpc) is 3.39. The van der Waals surface area contributed by atoms with Crippen LogP contribution in [-0.2, 0) is 4.79 Å². The van der Waals surface area contributed by atoms with Crippen molar-refractivity contribution in [1.82, 2.24) is 20.2 Å². The third-order valence-corrected chi connectivity index (χ3v) is 5.63. The lowest BCUT2D eigenvalue weighted by Gasteiger charge is -2.12. The minimum Gasteiger partial charge on any atom is -0.352 e. The van der Waals surface area contributed by atoms with E-state index in [0.717, 1.165) is 41.0 Å². The second kappa shape index (κ2) is 7.29. The van der Waals surface area contributed by atoms with Gasteiger partial charge >= 0.3 is 0 Å². The molecule has 0 saturated heterocycles. The van der Waals surface area contributed by atoms with Gasteiger partial charge in [-0.1, -0.05) is 24.2 Å². The molecule has 0 aliphatic heterocycles. The topological polar surface area (TPSA) is 76.0 Å². The SMILES string of the molecule is O=C(CNC(=O)c1ccc2nc(-n3cccc3)sc2c1)NC1CCCC1. The monoisotopic (exact) mass is 368 g/mol. The number of carbonyl (C=O) groups excluding carboxylic acids is 2. The fourth-order valence-electron chi connectivity index (χ4n) is 3.24. The Kier molecular flexibility index (Phi) is 4.71. The van der Waals surface area contributed by atoms with Gasteiger partial charge in [0, 0.05) is 24.0 Å². The number of benzene rings is 1. The summed E-state index contributed by atoms with van der Waals surface area (Å²) in [5.41, 5.74) is 1.39. The first-order valence-corrected chi connectivity index (χ1v) is 9.62. The van der Waals surface area contributed by atoms with Crippen molar-refractivity contribution in [1.29, 1.82) is 0 Å². The Hall–Kier alpha value is -2.67. The molecule has 2 N–H and O–H groups in total. The molecular formula is C19H20N4O2S. The van der Waals surface area contributed by atoms with E-state index in [2.05, 4.69) is 15.6 Å². The summed E-state index contributed by atoms with van der Waals surface area (Å²) >= 11 is 1.52. The van der Waals surface area contributed by atoms with Gasteiger partial charge in [0.2, 0.25) is 5.91 Å². The van der Waals surface area contributed by atoms with Gasteiger partial charge < -0.3 is 15.2 Å². The lowest BCUT2D eigenvalue weighted by Crippen LogP contribution is -2.40. The molecule has 0 spiro atoms. The summed E-state index contributed by atoms with van der Waals surface area (Å²) in [6.45, 7) is 0.00464. The number of carbonyl (C=O) groups is 2. The van der Waals surface area contributed by atoms with Gasteiger partial charge in [-0.2, -0.15) is 0 Å². The van der Waals surface area contributed by atoms with Crippen molar-refractivity contribution in [2.45, 2.75) is 31.7 Å². The van der Waals surface area contributed by atoms with Gasteiger partial charge in [0.05, 0.1) is 16.8 Å². The number of nitrogens with zero attached hydrogens (tertiary/aromatic N) is 2. The van der Waals surface area contributed by atoms with Crippen LogP contribution in [0.5, 0.6) is 0 Å². The van der Waals surface area contributed by atoms with Gasteiger partial charge in [-0.25, -0.2) is 4.98 Å². The Bertz CT molecular complexity index is 926. The average molecular weight is 368 g/mol. The smallest absolute Gasteiger partial charge is 0.251 e. The number of hydrogen-bond donors (Lipinski definition) is 2. The summed E-state index contributed by atoms with van der Waals surface area (Å²) in [7, 11) is 0. The highest BCUT2D eigenvalue weighted by molar-refractivity contribution is 7.20. The molecule has 7 heteroatoms. The number of rotatable bonds is 5. The quantitative estimate of drug-likeness (QED) is 0.727. The van der Waals surface area contributed by atoms with Gasteiger partial charge in [-0.3, -0.25) is 9.59 Å². The molecule has 1 aromatic carbocycles. The molecule has 6 nitrogen and oxygen atoms in total. The predicted octanol–water partition coefficient (Wildman–Crippen LogP) is 2.88. The highest BCUT2D eigenvalue weighted by Gasteiger charge is 2.17. The molecular weight excluding hydrogens is 348 g/mol. The van der Waals surface area contributed by atoms with Gasteiger partial charge in [0.15, 0.2) is 5.13 Å². The van der Waals surface area contributed by atoms with Crippen LogP contribution in [0.25, 0.3) is 15.3 Å². The first-order valence-electron chi connectivity index (χ1n) is 8.80. The van der Waals surface area contributed by atoms with E-state index in [1.165, 1.54) is 11.3 Å². The Morgan fingerprint density at radius 1 is 1.19 bits per heavy atom. The first-order chi connectivity index (χ1) is 12.7. The van der Waals surface area contributed by atoms with Gasteiger partial charge in [0.1, 0.15) is 0 Å². The van der Waals surface area contributed by atoms with Crippen LogP contribution >= 0.6 is 11.3 Å². The van der Waals surface area contributed by atoms with E-state index >= 15 is 0 Å². The lowest BCUT2D eigenvalue weighted by atomic mass is 10.2. The number of amides is 2. The van der Waals surface area contributed by atoms with E-state index in [9.17, 15) is 9.59 Å². The summed E-state index contributed by atoms with van der Waals surface area (Å²) < 4.78 is 2.88. The summed E-state index contributed by atoms with van der Waals surface area (Å²) in [6.07, 6.45) is 8.27. The normalized spacial score (nSPS) is 14.6. The molecule has 3 aromatic rings. The number of thiazole rings is 1. The molecule has 0 atom stereocenters. The fraction of sp³-hybridized carbons (Fsp3) is 0.316. The van der Waals surface area contributed by atoms with Crippen molar-refractivity contribution in [2.75, 3.05) is 6.54 Å². The second-order valence-electron chi connectivity index (χ2n) is 6.50. The Morgan fingerprint density at radius 3 is 2.73 bits per heavy atom. The predicted molar refractivity (Wildman–Crippen MR) is 102 cm³/mol. The fourth-order valence-corrected chi connectivity index (χ4v) is 4.21. The lowest BCUT2D eigenvalue weighted by molar-refractivity contribution is -0.120. The van der Waals surface area contributed by atoms with Gasteiger partial charge in [-0.15, -0.1) is 0 Å². The molecule has 0 bridgehead atoms. The summed E-state index contributed by atoms with van der Waals surface area (Å²) in [5, 5.41) is 6.53. The van der Waals surface area contributed by atoms with Crippen molar-refractivity contribution in [3.8, 4) is 5.13 Å². The highest BCUT2D eigenvalue weighted by Crippen LogP contribution is 2.26. The summed E-state index contributed by atoms with van der Waals surface area (Å²) in [6, 6.07) is 9.56. The Morgan fingerprint density at radius 2 is 1.96 bits per heavy atom. The summed E-state index contributed by atoms with van der Waals surface area (Å²) in [4.78, 5) is 28.9. The summed E-state index contributed by atoms with van der Waals surface area (Å²) in [5.74, 6) is -0.372. The van der Waals surface area contributed by atoms with E-state index in [4.69, 9.17) is 0 Å². The maximum atomic E-state index is 12.4. The Labute approximate surface area is 155 Å². The van der Waals surface area contributed by atoms with E-state index in [1.54, 1.807) is 6.07 Å². The minimum atomic E-state index is -0.246. The van der Waals surface area contributed by atoms with E-state index in [1.807, 2.05) is 41.2 Å². The molecule has 134 valence electrons. The molecule has 0 radical (unpaired) electrons. The maximum absolute atomic E-state index is 12.4. The molecule has 1 fully saturated rings. The van der Waals surface area contributed by atoms with Crippen LogP contribution in [0.3, 0.4) is 0 Å². The molecule has 26 heavy (non-hydrogen) atoms. The third kappa shape index (κ3) is 3.62. The standard InChI is InChI=1S/C19H20N4O2S/c24-17(21-14-5-1-2-6-14)12-20-18(25)13-7-8-15-16(11-13)26-19(22-15)23-9-3-4-10-23/h3-4,7-11,14H,1-2,5-6,12H2,(H,20,25)(H,21,24). The van der Waals surface area contributed by atoms with E-state index < -0.39 is 0 Å². The second-order valence-corrected chi connectivity index (χ2v) is 7.51. The largest absolute Gasteiger partial charge is 0.352 e. The molecule has 1 aliphatic rings. The third-order valence-electron chi connectivity index (χ3n) is 4.59. The number of hydrogen-bond acceptors (Lipinski definition) is 4. The maximum Gasteiger partial charge on any atom is 0.251 e. The zero-order chi connectivity index (χ0) is 17.9. The van der Waals surface area contributed by atoms with E-state index in [-0.39, 0.29) is 24.4 Å². The molecule has 2 heterocycles. The first kappa shape index (κ1) is 16.8. The zero-order valence-corrected chi connectivity index (χ0v) is 15.1. The highest BCUT2D eigenvalue weighted by atomic mass is 32.1. The van der Waals surface area contributed by atoms with Crippen molar-refractivity contribution in [3.05, 3.63) is 48.3 Å². The van der Waals surface area contributed by atoms with Crippen molar-refractivity contribution >= 4 is 33.4 Å². The van der Waals surface area contributed by atoms with Crippen LogP contribution in [0.1, 0.15) is 36.0 Å². The molecule has 1 aliphatic carbocycles. The van der Waals surface area contributed by atoms with Crippen molar-refractivity contribution in [2.24, 2.45) is 0 Å². The number of fused-ring (bicyclic) bond motifs is 1. The number of nitrogens with one attached hydrogen (secondary N) is 2.